The number of fused-ring (bicyclic) bond motifs is 1. The Morgan fingerprint density at radius 3 is 2.85 bits per heavy atom. The van der Waals surface area contributed by atoms with Crippen LogP contribution in [0.2, 0.25) is 0 Å². The van der Waals surface area contributed by atoms with Crippen LogP contribution in [0.4, 0.5) is 0 Å². The molecule has 1 saturated heterocycles. The molecule has 0 spiro atoms. The second kappa shape index (κ2) is 2.71. The van der Waals surface area contributed by atoms with Crippen molar-refractivity contribution in [1.82, 2.24) is 5.32 Å². The first-order chi connectivity index (χ1) is 6.03. The highest BCUT2D eigenvalue weighted by molar-refractivity contribution is 5.80. The van der Waals surface area contributed by atoms with Crippen molar-refractivity contribution in [1.29, 1.82) is 0 Å². The summed E-state index contributed by atoms with van der Waals surface area (Å²) in [7, 11) is 0. The Morgan fingerprint density at radius 2 is 2.38 bits per heavy atom. The third kappa shape index (κ3) is 1.46. The Labute approximate surface area is 79.1 Å². The topological polar surface area (TPSA) is 55.1 Å². The number of primary amides is 1. The molecule has 0 aromatic carbocycles. The minimum Gasteiger partial charge on any atom is -0.368 e. The van der Waals surface area contributed by atoms with Crippen LogP contribution in [-0.2, 0) is 4.79 Å². The summed E-state index contributed by atoms with van der Waals surface area (Å²) in [4.78, 5) is 11.0. The Kier molecular flexibility index (Phi) is 1.88. The van der Waals surface area contributed by atoms with E-state index in [1.807, 2.05) is 0 Å². The molecule has 3 heteroatoms. The molecule has 0 radical (unpaired) electrons. The van der Waals surface area contributed by atoms with Gasteiger partial charge in [-0.3, -0.25) is 10.1 Å². The van der Waals surface area contributed by atoms with E-state index < -0.39 is 0 Å². The summed E-state index contributed by atoms with van der Waals surface area (Å²) in [6.45, 7) is 4.45. The fourth-order valence-electron chi connectivity index (χ4n) is 2.78. The Bertz CT molecular complexity index is 239. The van der Waals surface area contributed by atoms with Gasteiger partial charge in [0.25, 0.3) is 0 Å². The average molecular weight is 182 g/mol. The van der Waals surface area contributed by atoms with Gasteiger partial charge in [-0.1, -0.05) is 13.8 Å². The van der Waals surface area contributed by atoms with E-state index in [2.05, 4.69) is 19.2 Å². The zero-order valence-electron chi connectivity index (χ0n) is 8.34. The minimum absolute atomic E-state index is 0.0579. The maximum atomic E-state index is 11.0. The van der Waals surface area contributed by atoms with Crippen LogP contribution < -0.4 is 11.1 Å². The lowest BCUT2D eigenvalue weighted by molar-refractivity contribution is -0.120. The van der Waals surface area contributed by atoms with E-state index in [-0.39, 0.29) is 17.5 Å². The standard InChI is InChI=1S/C10H18N2O/c1-6(2)4-10-5-7(10)3-8(12-10)9(11)13/h6-8,12H,3-5H2,1-2H3,(H2,11,13). The van der Waals surface area contributed by atoms with Gasteiger partial charge in [0.05, 0.1) is 6.04 Å². The normalized spacial score (nSPS) is 42.1. The van der Waals surface area contributed by atoms with E-state index in [0.29, 0.717) is 11.8 Å². The van der Waals surface area contributed by atoms with Crippen molar-refractivity contribution >= 4 is 5.91 Å². The highest BCUT2D eigenvalue weighted by Gasteiger charge is 2.60. The molecule has 2 rings (SSSR count). The molecule has 2 fully saturated rings. The van der Waals surface area contributed by atoms with Crippen LogP contribution >= 0.6 is 0 Å². The number of amides is 1. The van der Waals surface area contributed by atoms with Gasteiger partial charge in [-0.25, -0.2) is 0 Å². The molecular weight excluding hydrogens is 164 g/mol. The summed E-state index contributed by atoms with van der Waals surface area (Å²) in [6, 6.07) is -0.0579. The molecule has 0 bridgehead atoms. The van der Waals surface area contributed by atoms with Crippen LogP contribution in [0.1, 0.15) is 33.1 Å². The number of nitrogens with one attached hydrogen (secondary N) is 1. The average Bonchev–Trinajstić information content (AvgIpc) is 2.51. The van der Waals surface area contributed by atoms with Crippen LogP contribution in [0.15, 0.2) is 0 Å². The molecule has 13 heavy (non-hydrogen) atoms. The predicted molar refractivity (Wildman–Crippen MR) is 51.0 cm³/mol. The van der Waals surface area contributed by atoms with Gasteiger partial charge in [-0.05, 0) is 31.1 Å². The molecule has 1 aliphatic heterocycles. The minimum atomic E-state index is -0.185. The molecule has 74 valence electrons. The molecule has 1 amide bonds. The smallest absolute Gasteiger partial charge is 0.234 e. The summed E-state index contributed by atoms with van der Waals surface area (Å²) < 4.78 is 0. The van der Waals surface area contributed by atoms with Gasteiger partial charge in [0.15, 0.2) is 0 Å². The second-order valence-corrected chi connectivity index (χ2v) is 4.99. The SMILES string of the molecule is CC(C)CC12CC1CC(C(N)=O)N2. The Morgan fingerprint density at radius 1 is 1.69 bits per heavy atom. The first-order valence-electron chi connectivity index (χ1n) is 5.10. The lowest BCUT2D eigenvalue weighted by atomic mass is 10.0. The number of carbonyl (C=O) groups is 1. The molecule has 3 nitrogen and oxygen atoms in total. The molecule has 0 aromatic rings. The predicted octanol–water partition coefficient (Wildman–Crippen LogP) is 0.638. The van der Waals surface area contributed by atoms with Crippen molar-refractivity contribution in [3.05, 3.63) is 0 Å². The lowest BCUT2D eigenvalue weighted by Gasteiger charge is -2.18. The zero-order valence-corrected chi connectivity index (χ0v) is 8.34. The highest BCUT2D eigenvalue weighted by Crippen LogP contribution is 2.54. The van der Waals surface area contributed by atoms with Gasteiger partial charge < -0.3 is 5.73 Å². The Hall–Kier alpha value is -0.570. The van der Waals surface area contributed by atoms with Crippen LogP contribution in [0.25, 0.3) is 0 Å². The number of rotatable bonds is 3. The summed E-state index contributed by atoms with van der Waals surface area (Å²) in [5.41, 5.74) is 5.55. The van der Waals surface area contributed by atoms with Gasteiger partial charge in [-0.2, -0.15) is 0 Å². The first-order valence-corrected chi connectivity index (χ1v) is 5.10. The molecule has 3 N–H and O–H groups in total. The number of nitrogens with two attached hydrogens (primary N) is 1. The van der Waals surface area contributed by atoms with E-state index in [4.69, 9.17) is 5.73 Å². The first kappa shape index (κ1) is 9.00. The summed E-state index contributed by atoms with van der Waals surface area (Å²) in [5.74, 6) is 1.23. The molecular formula is C10H18N2O. The quantitative estimate of drug-likeness (QED) is 0.673. The van der Waals surface area contributed by atoms with E-state index in [9.17, 15) is 4.79 Å². The molecule has 3 unspecified atom stereocenters. The van der Waals surface area contributed by atoms with Crippen molar-refractivity contribution < 1.29 is 4.79 Å². The van der Waals surface area contributed by atoms with Crippen molar-refractivity contribution in [2.75, 3.05) is 0 Å². The van der Waals surface area contributed by atoms with Crippen molar-refractivity contribution in [2.24, 2.45) is 17.6 Å². The largest absolute Gasteiger partial charge is 0.368 e. The van der Waals surface area contributed by atoms with Crippen molar-refractivity contribution in [3.8, 4) is 0 Å². The summed E-state index contributed by atoms with van der Waals surface area (Å²) >= 11 is 0. The van der Waals surface area contributed by atoms with E-state index in [0.717, 1.165) is 6.42 Å². The summed E-state index contributed by atoms with van der Waals surface area (Å²) in [5, 5.41) is 3.40. The molecule has 2 aliphatic rings. The second-order valence-electron chi connectivity index (χ2n) is 4.99. The molecule has 1 aliphatic carbocycles. The molecule has 3 atom stereocenters. The third-order valence-electron chi connectivity index (χ3n) is 3.33. The van der Waals surface area contributed by atoms with E-state index in [1.54, 1.807) is 0 Å². The van der Waals surface area contributed by atoms with Crippen LogP contribution in [0.5, 0.6) is 0 Å². The number of carbonyl (C=O) groups excluding carboxylic acids is 1. The van der Waals surface area contributed by atoms with E-state index in [1.165, 1.54) is 12.8 Å². The number of hydrogen-bond acceptors (Lipinski definition) is 2. The van der Waals surface area contributed by atoms with Gasteiger partial charge in [0.2, 0.25) is 5.91 Å². The zero-order chi connectivity index (χ0) is 9.64. The van der Waals surface area contributed by atoms with E-state index >= 15 is 0 Å². The third-order valence-corrected chi connectivity index (χ3v) is 3.33. The van der Waals surface area contributed by atoms with Crippen molar-refractivity contribution in [3.63, 3.8) is 0 Å². The lowest BCUT2D eigenvalue weighted by Crippen LogP contribution is -2.43. The van der Waals surface area contributed by atoms with Crippen LogP contribution in [0, 0.1) is 11.8 Å². The highest BCUT2D eigenvalue weighted by atomic mass is 16.1. The fraction of sp³-hybridized carbons (Fsp3) is 0.900. The van der Waals surface area contributed by atoms with Crippen molar-refractivity contribution in [2.45, 2.75) is 44.7 Å². The molecule has 1 heterocycles. The monoisotopic (exact) mass is 182 g/mol. The number of piperidine rings is 1. The van der Waals surface area contributed by atoms with Gasteiger partial charge >= 0.3 is 0 Å². The fourth-order valence-corrected chi connectivity index (χ4v) is 2.78. The van der Waals surface area contributed by atoms with Crippen LogP contribution in [0.3, 0.4) is 0 Å². The van der Waals surface area contributed by atoms with Gasteiger partial charge in [-0.15, -0.1) is 0 Å². The molecule has 1 saturated carbocycles. The summed E-state index contributed by atoms with van der Waals surface area (Å²) in [6.07, 6.45) is 3.39. The van der Waals surface area contributed by atoms with Gasteiger partial charge in [0.1, 0.15) is 0 Å². The molecule has 0 aromatic heterocycles. The maximum absolute atomic E-state index is 11.0. The Balaban J connectivity index is 1.96. The number of hydrogen-bond donors (Lipinski definition) is 2. The van der Waals surface area contributed by atoms with Crippen LogP contribution in [-0.4, -0.2) is 17.5 Å². The maximum Gasteiger partial charge on any atom is 0.234 e. The van der Waals surface area contributed by atoms with Gasteiger partial charge in [0, 0.05) is 5.54 Å².